The monoisotopic (exact) mass is 292 g/mol. The summed E-state index contributed by atoms with van der Waals surface area (Å²) >= 11 is 0. The minimum absolute atomic E-state index is 0.0129. The SMILES string of the molecule is CCCCCCCCCCC(=O)c1ccc(OC)cc1O. The summed E-state index contributed by atoms with van der Waals surface area (Å²) in [6.07, 6.45) is 10.2. The Hall–Kier alpha value is -1.51. The number of benzene rings is 1. The Morgan fingerprint density at radius 2 is 1.67 bits per heavy atom. The van der Waals surface area contributed by atoms with Crippen LogP contribution in [0, 0.1) is 0 Å². The standard InChI is InChI=1S/C18H28O3/c1-3-4-5-6-7-8-9-10-11-17(19)16-13-12-15(21-2)14-18(16)20/h12-14,20H,3-11H2,1-2H3. The van der Waals surface area contributed by atoms with Gasteiger partial charge in [0.25, 0.3) is 0 Å². The van der Waals surface area contributed by atoms with Crippen molar-refractivity contribution in [3.05, 3.63) is 23.8 Å². The highest BCUT2D eigenvalue weighted by atomic mass is 16.5. The average Bonchev–Trinajstić information content (AvgIpc) is 2.49. The lowest BCUT2D eigenvalue weighted by Gasteiger charge is -2.06. The minimum Gasteiger partial charge on any atom is -0.507 e. The third-order valence-corrected chi connectivity index (χ3v) is 3.76. The molecule has 0 aliphatic rings. The molecule has 0 unspecified atom stereocenters. The Morgan fingerprint density at radius 3 is 2.24 bits per heavy atom. The molecule has 0 spiro atoms. The number of ether oxygens (including phenoxy) is 1. The molecule has 118 valence electrons. The van der Waals surface area contributed by atoms with Crippen molar-refractivity contribution < 1.29 is 14.6 Å². The van der Waals surface area contributed by atoms with E-state index in [2.05, 4.69) is 6.92 Å². The van der Waals surface area contributed by atoms with Gasteiger partial charge in [0.15, 0.2) is 5.78 Å². The summed E-state index contributed by atoms with van der Waals surface area (Å²) in [5, 5.41) is 9.82. The average molecular weight is 292 g/mol. The molecule has 0 aliphatic carbocycles. The van der Waals surface area contributed by atoms with Crippen LogP contribution in [0.15, 0.2) is 18.2 Å². The number of rotatable bonds is 11. The fourth-order valence-corrected chi connectivity index (χ4v) is 2.43. The molecule has 1 aromatic rings. The van der Waals surface area contributed by atoms with E-state index in [1.165, 1.54) is 51.7 Å². The zero-order valence-electron chi connectivity index (χ0n) is 13.4. The third kappa shape index (κ3) is 6.65. The van der Waals surface area contributed by atoms with Gasteiger partial charge in [-0.2, -0.15) is 0 Å². The lowest BCUT2D eigenvalue weighted by atomic mass is 10.0. The molecule has 0 amide bonds. The predicted molar refractivity (Wildman–Crippen MR) is 86.2 cm³/mol. The van der Waals surface area contributed by atoms with E-state index in [1.807, 2.05) is 0 Å². The number of hydrogen-bond donors (Lipinski definition) is 1. The summed E-state index contributed by atoms with van der Waals surface area (Å²) in [6.45, 7) is 2.22. The first-order valence-corrected chi connectivity index (χ1v) is 8.09. The Bertz CT molecular complexity index is 426. The summed E-state index contributed by atoms with van der Waals surface area (Å²) in [4.78, 5) is 12.0. The maximum absolute atomic E-state index is 12.0. The number of phenols is 1. The number of phenolic OH excluding ortho intramolecular Hbond substituents is 1. The highest BCUT2D eigenvalue weighted by molar-refractivity contribution is 5.98. The molecule has 3 heteroatoms. The Labute approximate surface area is 128 Å². The highest BCUT2D eigenvalue weighted by Gasteiger charge is 2.11. The molecule has 0 saturated carbocycles. The number of unbranched alkanes of at least 4 members (excludes halogenated alkanes) is 7. The number of aromatic hydroxyl groups is 1. The second-order valence-electron chi connectivity index (χ2n) is 5.53. The molecule has 1 rings (SSSR count). The van der Waals surface area contributed by atoms with Gasteiger partial charge in [0.2, 0.25) is 0 Å². The quantitative estimate of drug-likeness (QED) is 0.455. The van der Waals surface area contributed by atoms with Gasteiger partial charge in [0, 0.05) is 12.5 Å². The van der Waals surface area contributed by atoms with Crippen LogP contribution in [0.4, 0.5) is 0 Å². The number of Topliss-reactive ketones (excluding diaryl/α,β-unsaturated/α-hetero) is 1. The maximum atomic E-state index is 12.0. The van der Waals surface area contributed by atoms with Crippen molar-refractivity contribution in [2.75, 3.05) is 7.11 Å². The fourth-order valence-electron chi connectivity index (χ4n) is 2.43. The van der Waals surface area contributed by atoms with E-state index < -0.39 is 0 Å². The molecule has 3 nitrogen and oxygen atoms in total. The zero-order valence-corrected chi connectivity index (χ0v) is 13.4. The van der Waals surface area contributed by atoms with E-state index in [9.17, 15) is 9.90 Å². The van der Waals surface area contributed by atoms with E-state index in [1.54, 1.807) is 12.1 Å². The summed E-state index contributed by atoms with van der Waals surface area (Å²) in [5.41, 5.74) is 0.402. The van der Waals surface area contributed by atoms with Gasteiger partial charge < -0.3 is 9.84 Å². The van der Waals surface area contributed by atoms with Crippen LogP contribution in [-0.2, 0) is 0 Å². The third-order valence-electron chi connectivity index (χ3n) is 3.76. The highest BCUT2D eigenvalue weighted by Crippen LogP contribution is 2.25. The van der Waals surface area contributed by atoms with Gasteiger partial charge in [-0.1, -0.05) is 51.9 Å². The summed E-state index contributed by atoms with van der Waals surface area (Å²) in [7, 11) is 1.54. The van der Waals surface area contributed by atoms with Crippen molar-refractivity contribution in [1.82, 2.24) is 0 Å². The van der Waals surface area contributed by atoms with Crippen molar-refractivity contribution in [1.29, 1.82) is 0 Å². The van der Waals surface area contributed by atoms with E-state index in [0.29, 0.717) is 17.7 Å². The van der Waals surface area contributed by atoms with Gasteiger partial charge in [0.05, 0.1) is 12.7 Å². The van der Waals surface area contributed by atoms with Crippen LogP contribution in [0.1, 0.15) is 75.1 Å². The molecule has 0 saturated heterocycles. The number of carbonyl (C=O) groups excluding carboxylic acids is 1. The van der Waals surface area contributed by atoms with Crippen LogP contribution in [0.25, 0.3) is 0 Å². The molecule has 21 heavy (non-hydrogen) atoms. The molecule has 0 bridgehead atoms. The molecule has 0 fully saturated rings. The van der Waals surface area contributed by atoms with E-state index >= 15 is 0 Å². The summed E-state index contributed by atoms with van der Waals surface area (Å²) < 4.78 is 5.01. The van der Waals surface area contributed by atoms with Crippen molar-refractivity contribution >= 4 is 5.78 Å². The predicted octanol–water partition coefficient (Wildman–Crippen LogP) is 5.11. The molecule has 0 aliphatic heterocycles. The number of ketones is 1. The van der Waals surface area contributed by atoms with Gasteiger partial charge in [-0.3, -0.25) is 4.79 Å². The van der Waals surface area contributed by atoms with Gasteiger partial charge >= 0.3 is 0 Å². The van der Waals surface area contributed by atoms with Crippen LogP contribution < -0.4 is 4.74 Å². The number of hydrogen-bond acceptors (Lipinski definition) is 3. The molecule has 0 aromatic heterocycles. The van der Waals surface area contributed by atoms with Gasteiger partial charge in [-0.25, -0.2) is 0 Å². The van der Waals surface area contributed by atoms with Crippen molar-refractivity contribution in [3.8, 4) is 11.5 Å². The largest absolute Gasteiger partial charge is 0.507 e. The van der Waals surface area contributed by atoms with Crippen LogP contribution >= 0.6 is 0 Å². The number of carbonyl (C=O) groups is 1. The lowest BCUT2D eigenvalue weighted by molar-refractivity contribution is 0.0976. The second-order valence-corrected chi connectivity index (χ2v) is 5.53. The van der Waals surface area contributed by atoms with Crippen molar-refractivity contribution in [3.63, 3.8) is 0 Å². The molecular weight excluding hydrogens is 264 g/mol. The molecule has 0 heterocycles. The zero-order chi connectivity index (χ0) is 15.5. The number of methoxy groups -OCH3 is 1. The topological polar surface area (TPSA) is 46.5 Å². The normalized spacial score (nSPS) is 10.6. The van der Waals surface area contributed by atoms with Crippen LogP contribution in [0.3, 0.4) is 0 Å². The first-order valence-electron chi connectivity index (χ1n) is 8.09. The smallest absolute Gasteiger partial charge is 0.166 e. The molecule has 0 atom stereocenters. The first-order chi connectivity index (χ1) is 10.2. The Balaban J connectivity index is 2.22. The van der Waals surface area contributed by atoms with E-state index in [0.717, 1.165) is 12.8 Å². The van der Waals surface area contributed by atoms with Crippen LogP contribution in [0.5, 0.6) is 11.5 Å². The lowest BCUT2D eigenvalue weighted by Crippen LogP contribution is -1.99. The minimum atomic E-state index is 0.0129. The maximum Gasteiger partial charge on any atom is 0.166 e. The first kappa shape index (κ1) is 17.5. The molecule has 1 N–H and O–H groups in total. The Morgan fingerprint density at radius 1 is 1.05 bits per heavy atom. The van der Waals surface area contributed by atoms with Gasteiger partial charge in [-0.15, -0.1) is 0 Å². The summed E-state index contributed by atoms with van der Waals surface area (Å²) in [5.74, 6) is 0.594. The van der Waals surface area contributed by atoms with Crippen LogP contribution in [0.2, 0.25) is 0 Å². The van der Waals surface area contributed by atoms with Crippen molar-refractivity contribution in [2.24, 2.45) is 0 Å². The molecule has 1 aromatic carbocycles. The Kier molecular flexibility index (Phi) is 8.56. The van der Waals surface area contributed by atoms with Crippen LogP contribution in [-0.4, -0.2) is 18.0 Å². The van der Waals surface area contributed by atoms with E-state index in [4.69, 9.17) is 4.74 Å². The van der Waals surface area contributed by atoms with E-state index in [-0.39, 0.29) is 11.5 Å². The van der Waals surface area contributed by atoms with Gasteiger partial charge in [0.1, 0.15) is 11.5 Å². The van der Waals surface area contributed by atoms with Crippen molar-refractivity contribution in [2.45, 2.75) is 64.7 Å². The second kappa shape index (κ2) is 10.3. The van der Waals surface area contributed by atoms with Gasteiger partial charge in [-0.05, 0) is 18.6 Å². The molecule has 0 radical (unpaired) electrons. The summed E-state index contributed by atoms with van der Waals surface area (Å²) in [6, 6.07) is 4.84. The fraction of sp³-hybridized carbons (Fsp3) is 0.611. The molecular formula is C18H28O3.